The van der Waals surface area contributed by atoms with Crippen molar-refractivity contribution in [2.45, 2.75) is 70.9 Å². The zero-order chi connectivity index (χ0) is 20.6. The molecule has 28 heavy (non-hydrogen) atoms. The molecule has 2 N–H and O–H groups in total. The van der Waals surface area contributed by atoms with E-state index in [9.17, 15) is 14.7 Å². The molecule has 1 aliphatic heterocycles. The lowest BCUT2D eigenvalue weighted by Gasteiger charge is -2.32. The van der Waals surface area contributed by atoms with Crippen LogP contribution in [-0.4, -0.2) is 58.6 Å². The number of aromatic nitrogens is 1. The van der Waals surface area contributed by atoms with E-state index in [1.165, 1.54) is 6.07 Å². The fourth-order valence-corrected chi connectivity index (χ4v) is 3.33. The van der Waals surface area contributed by atoms with Gasteiger partial charge in [-0.3, -0.25) is 4.79 Å². The van der Waals surface area contributed by atoms with Gasteiger partial charge in [0.15, 0.2) is 6.29 Å². The normalized spacial score (nSPS) is 16.0. The van der Waals surface area contributed by atoms with Crippen LogP contribution in [0.4, 0.5) is 4.79 Å². The number of nitrogens with zero attached hydrogens (tertiary/aromatic N) is 2. The summed E-state index contributed by atoms with van der Waals surface area (Å²) in [5, 5.41) is 12.4. The molecule has 1 saturated heterocycles. The van der Waals surface area contributed by atoms with Crippen molar-refractivity contribution in [2.24, 2.45) is 0 Å². The fourth-order valence-electron chi connectivity index (χ4n) is 3.33. The number of hydrogen-bond acceptors (Lipinski definition) is 6. The first-order valence-corrected chi connectivity index (χ1v) is 10.1. The number of carbonyl (C=O) groups is 2. The Labute approximate surface area is 167 Å². The van der Waals surface area contributed by atoms with Crippen LogP contribution in [0.2, 0.25) is 0 Å². The van der Waals surface area contributed by atoms with Gasteiger partial charge in [-0.25, -0.2) is 9.78 Å². The molecule has 0 atom stereocenters. The summed E-state index contributed by atoms with van der Waals surface area (Å²) in [6.45, 7) is 8.64. The fraction of sp³-hybridized carbons (Fsp3) is 0.667. The van der Waals surface area contributed by atoms with Crippen molar-refractivity contribution in [1.29, 1.82) is 0 Å². The number of hydrogen-bond donors (Lipinski definition) is 2. The Morgan fingerprint density at radius 2 is 2.00 bits per heavy atom. The average molecular weight is 392 g/mol. The van der Waals surface area contributed by atoms with Crippen LogP contribution in [0.3, 0.4) is 0 Å². The van der Waals surface area contributed by atoms with Gasteiger partial charge in [0.2, 0.25) is 0 Å². The third-order valence-electron chi connectivity index (χ3n) is 4.79. The lowest BCUT2D eigenvalue weighted by Crippen LogP contribution is -2.46. The van der Waals surface area contributed by atoms with Gasteiger partial charge >= 0.3 is 6.09 Å². The summed E-state index contributed by atoms with van der Waals surface area (Å²) in [6, 6.07) is 3.49. The zero-order valence-electron chi connectivity index (χ0n) is 17.2. The van der Waals surface area contributed by atoms with E-state index in [1.54, 1.807) is 6.07 Å². The summed E-state index contributed by atoms with van der Waals surface area (Å²) < 4.78 is 5.31. The second-order valence-corrected chi connectivity index (χ2v) is 8.40. The Bertz CT molecular complexity index is 650. The topological polar surface area (TPSA) is 91.8 Å². The number of likely N-dealkylation sites (tertiary alicyclic amines) is 1. The van der Waals surface area contributed by atoms with E-state index in [0.29, 0.717) is 6.29 Å². The Morgan fingerprint density at radius 3 is 2.64 bits per heavy atom. The smallest absolute Gasteiger partial charge is 0.407 e. The second-order valence-electron chi connectivity index (χ2n) is 8.40. The molecular formula is C21H33N3O4. The third kappa shape index (κ3) is 7.84. The first-order valence-electron chi connectivity index (χ1n) is 10.1. The molecule has 1 aromatic rings. The van der Waals surface area contributed by atoms with Crippen LogP contribution in [-0.2, 0) is 11.2 Å². The van der Waals surface area contributed by atoms with Gasteiger partial charge < -0.3 is 20.1 Å². The second kappa shape index (κ2) is 10.4. The standard InChI is InChI=1S/C21H33N3O4/c1-21(2,3)28-20(27)23-17-10-13-24(14-11-17)12-6-4-5-7-16-8-9-19(26)18(15-25)22-16/h8-9,15,17,26H,4-7,10-14H2,1-3H3,(H,23,27). The molecule has 1 amide bonds. The number of piperidine rings is 1. The van der Waals surface area contributed by atoms with Crippen molar-refractivity contribution >= 4 is 12.4 Å². The van der Waals surface area contributed by atoms with Gasteiger partial charge in [-0.1, -0.05) is 6.42 Å². The summed E-state index contributed by atoms with van der Waals surface area (Å²) in [6.07, 6.45) is 6.18. The summed E-state index contributed by atoms with van der Waals surface area (Å²) in [5.74, 6) is -0.0664. The summed E-state index contributed by atoms with van der Waals surface area (Å²) in [5.41, 5.74) is 0.490. The summed E-state index contributed by atoms with van der Waals surface area (Å²) in [7, 11) is 0. The van der Waals surface area contributed by atoms with Crippen molar-refractivity contribution in [2.75, 3.05) is 19.6 Å². The van der Waals surface area contributed by atoms with Gasteiger partial charge in [0, 0.05) is 24.8 Å². The number of amides is 1. The van der Waals surface area contributed by atoms with Crippen LogP contribution in [0.5, 0.6) is 5.75 Å². The van der Waals surface area contributed by atoms with Crippen molar-refractivity contribution < 1.29 is 19.4 Å². The highest BCUT2D eigenvalue weighted by Gasteiger charge is 2.23. The van der Waals surface area contributed by atoms with Crippen LogP contribution in [0, 0.1) is 0 Å². The van der Waals surface area contributed by atoms with Crippen molar-refractivity contribution in [3.05, 3.63) is 23.5 Å². The third-order valence-corrected chi connectivity index (χ3v) is 4.79. The molecule has 0 bridgehead atoms. The molecule has 2 rings (SSSR count). The molecule has 0 spiro atoms. The van der Waals surface area contributed by atoms with E-state index in [1.807, 2.05) is 20.8 Å². The van der Waals surface area contributed by atoms with Gasteiger partial charge in [0.05, 0.1) is 0 Å². The van der Waals surface area contributed by atoms with E-state index in [4.69, 9.17) is 4.74 Å². The van der Waals surface area contributed by atoms with Crippen LogP contribution >= 0.6 is 0 Å². The number of unbranched alkanes of at least 4 members (excludes halogenated alkanes) is 2. The lowest BCUT2D eigenvalue weighted by atomic mass is 10.0. The van der Waals surface area contributed by atoms with E-state index in [-0.39, 0.29) is 23.6 Å². The van der Waals surface area contributed by atoms with Crippen LogP contribution in [0.1, 0.15) is 69.1 Å². The Morgan fingerprint density at radius 1 is 1.29 bits per heavy atom. The predicted octanol–water partition coefficient (Wildman–Crippen LogP) is 3.30. The molecule has 0 aromatic carbocycles. The monoisotopic (exact) mass is 391 g/mol. The molecule has 7 heteroatoms. The molecule has 0 aliphatic carbocycles. The van der Waals surface area contributed by atoms with Gasteiger partial charge in [0.25, 0.3) is 0 Å². The molecule has 1 aliphatic rings. The molecule has 156 valence electrons. The van der Waals surface area contributed by atoms with Gasteiger partial charge in [-0.15, -0.1) is 0 Å². The number of aldehydes is 1. The minimum Gasteiger partial charge on any atom is -0.506 e. The highest BCUT2D eigenvalue weighted by atomic mass is 16.6. The lowest BCUT2D eigenvalue weighted by molar-refractivity contribution is 0.0478. The Hall–Kier alpha value is -2.15. The van der Waals surface area contributed by atoms with E-state index < -0.39 is 5.60 Å². The van der Waals surface area contributed by atoms with Crippen molar-refractivity contribution in [3.8, 4) is 5.75 Å². The Kier molecular flexibility index (Phi) is 8.23. The number of aryl methyl sites for hydroxylation is 1. The van der Waals surface area contributed by atoms with Crippen LogP contribution in [0.25, 0.3) is 0 Å². The number of ether oxygens (including phenoxy) is 1. The zero-order valence-corrected chi connectivity index (χ0v) is 17.2. The SMILES string of the molecule is CC(C)(C)OC(=O)NC1CCN(CCCCCc2ccc(O)c(C=O)n2)CC1. The first kappa shape index (κ1) is 22.1. The maximum Gasteiger partial charge on any atom is 0.407 e. The molecule has 0 unspecified atom stereocenters. The number of rotatable bonds is 8. The molecule has 1 fully saturated rings. The van der Waals surface area contributed by atoms with E-state index >= 15 is 0 Å². The number of aromatic hydroxyl groups is 1. The average Bonchev–Trinajstić information content (AvgIpc) is 2.62. The van der Waals surface area contributed by atoms with E-state index in [2.05, 4.69) is 15.2 Å². The number of pyridine rings is 1. The molecular weight excluding hydrogens is 358 g/mol. The molecule has 0 saturated carbocycles. The summed E-state index contributed by atoms with van der Waals surface area (Å²) >= 11 is 0. The molecule has 0 radical (unpaired) electrons. The summed E-state index contributed by atoms with van der Waals surface area (Å²) in [4.78, 5) is 29.3. The maximum atomic E-state index is 11.8. The van der Waals surface area contributed by atoms with Crippen molar-refractivity contribution in [3.63, 3.8) is 0 Å². The van der Waals surface area contributed by atoms with Crippen LogP contribution < -0.4 is 5.32 Å². The van der Waals surface area contributed by atoms with Gasteiger partial charge in [0.1, 0.15) is 17.0 Å². The largest absolute Gasteiger partial charge is 0.506 e. The van der Waals surface area contributed by atoms with Gasteiger partial charge in [-0.05, 0) is 71.6 Å². The molecule has 7 nitrogen and oxygen atoms in total. The van der Waals surface area contributed by atoms with Crippen molar-refractivity contribution in [1.82, 2.24) is 15.2 Å². The molecule has 1 aromatic heterocycles. The first-order chi connectivity index (χ1) is 13.3. The quantitative estimate of drug-likeness (QED) is 0.522. The predicted molar refractivity (Wildman–Crippen MR) is 108 cm³/mol. The number of carbonyl (C=O) groups excluding carboxylic acids is 2. The number of alkyl carbamates (subject to hydrolysis) is 1. The number of nitrogens with one attached hydrogen (secondary N) is 1. The highest BCUT2D eigenvalue weighted by molar-refractivity contribution is 5.75. The highest BCUT2D eigenvalue weighted by Crippen LogP contribution is 2.16. The Balaban J connectivity index is 1.58. The minimum atomic E-state index is -0.463. The molecule has 2 heterocycles. The van der Waals surface area contributed by atoms with Gasteiger partial charge in [-0.2, -0.15) is 0 Å². The van der Waals surface area contributed by atoms with Crippen LogP contribution in [0.15, 0.2) is 12.1 Å². The minimum absolute atomic E-state index is 0.0664. The maximum absolute atomic E-state index is 11.8. The van der Waals surface area contributed by atoms with E-state index in [0.717, 1.165) is 63.9 Å².